The van der Waals surface area contributed by atoms with Crippen molar-refractivity contribution in [2.75, 3.05) is 19.6 Å². The topological polar surface area (TPSA) is 52.9 Å². The van der Waals surface area contributed by atoms with Crippen LogP contribution in [0.1, 0.15) is 42.6 Å². The molecule has 5 heteroatoms. The Morgan fingerprint density at radius 2 is 1.66 bits per heavy atom. The van der Waals surface area contributed by atoms with E-state index in [1.165, 1.54) is 12.1 Å². The van der Waals surface area contributed by atoms with Crippen LogP contribution in [0.3, 0.4) is 0 Å². The van der Waals surface area contributed by atoms with Gasteiger partial charge in [-0.2, -0.15) is 0 Å². The van der Waals surface area contributed by atoms with Gasteiger partial charge in [-0.15, -0.1) is 0 Å². The number of piperidine rings is 1. The first-order chi connectivity index (χ1) is 15.5. The van der Waals surface area contributed by atoms with Crippen LogP contribution in [0.15, 0.2) is 72.8 Å². The first-order valence-electron chi connectivity index (χ1n) is 11.2. The summed E-state index contributed by atoms with van der Waals surface area (Å²) in [6.45, 7) is 2.12. The van der Waals surface area contributed by atoms with Crippen molar-refractivity contribution in [3.8, 4) is 16.9 Å². The Morgan fingerprint density at radius 1 is 0.969 bits per heavy atom. The van der Waals surface area contributed by atoms with Crippen LogP contribution in [0.4, 0.5) is 4.39 Å². The quantitative estimate of drug-likeness (QED) is 0.616. The molecule has 0 unspecified atom stereocenters. The Kier molecular flexibility index (Phi) is 5.72. The van der Waals surface area contributed by atoms with Crippen molar-refractivity contribution in [3.63, 3.8) is 0 Å². The predicted molar refractivity (Wildman–Crippen MR) is 122 cm³/mol. The molecule has 0 radical (unpaired) electrons. The van der Waals surface area contributed by atoms with Crippen molar-refractivity contribution < 1.29 is 19.3 Å². The van der Waals surface area contributed by atoms with Gasteiger partial charge in [0.2, 0.25) is 0 Å². The summed E-state index contributed by atoms with van der Waals surface area (Å²) in [5, 5.41) is 21.4. The normalized spacial score (nSPS) is 21.0. The molecular weight excluding hydrogens is 405 g/mol. The minimum absolute atomic E-state index is 0.358. The number of likely N-dealkylation sites (tertiary alicyclic amines) is 1. The Hall–Kier alpha value is -2.73. The van der Waals surface area contributed by atoms with Gasteiger partial charge in [0.05, 0.1) is 12.2 Å². The van der Waals surface area contributed by atoms with Crippen LogP contribution in [0.2, 0.25) is 0 Å². The monoisotopic (exact) mass is 433 g/mol. The van der Waals surface area contributed by atoms with E-state index in [1.54, 1.807) is 6.07 Å². The summed E-state index contributed by atoms with van der Waals surface area (Å²) in [5.41, 5.74) is 3.31. The molecule has 0 aliphatic carbocycles. The van der Waals surface area contributed by atoms with Gasteiger partial charge in [-0.1, -0.05) is 54.6 Å². The van der Waals surface area contributed by atoms with Crippen molar-refractivity contribution in [3.05, 3.63) is 89.7 Å². The molecular formula is C27H28FNO3. The van der Waals surface area contributed by atoms with E-state index in [1.807, 2.05) is 30.3 Å². The largest absolute Gasteiger partial charge is 0.487 e. The first kappa shape index (κ1) is 21.1. The molecule has 4 nitrogen and oxygen atoms in total. The second-order valence-electron chi connectivity index (χ2n) is 8.99. The summed E-state index contributed by atoms with van der Waals surface area (Å²) in [4.78, 5) is 2.25. The molecule has 0 bridgehead atoms. The Labute approximate surface area is 187 Å². The highest BCUT2D eigenvalue weighted by Gasteiger charge is 2.43. The van der Waals surface area contributed by atoms with Crippen molar-refractivity contribution in [2.24, 2.45) is 0 Å². The van der Waals surface area contributed by atoms with Gasteiger partial charge in [0, 0.05) is 31.6 Å². The summed E-state index contributed by atoms with van der Waals surface area (Å²) in [5.74, 6) is 0.222. The van der Waals surface area contributed by atoms with E-state index in [4.69, 9.17) is 4.74 Å². The standard InChI is InChI=1S/C27H28FNO3/c28-22-10-11-26-23(16-22)24(30)17-27(32-26)12-14-29(15-13-27)18-25(31)21-8-6-20(7-9-21)19-4-2-1-3-5-19/h1-11,16,24-25,30-31H,12-15,17-18H2/t24-,25-/m0/s1. The number of benzene rings is 3. The molecule has 5 rings (SSSR count). The van der Waals surface area contributed by atoms with Crippen LogP contribution in [0.25, 0.3) is 11.1 Å². The number of hydrogen-bond acceptors (Lipinski definition) is 4. The van der Waals surface area contributed by atoms with Crippen molar-refractivity contribution in [2.45, 2.75) is 37.1 Å². The van der Waals surface area contributed by atoms with Crippen LogP contribution in [0.5, 0.6) is 5.75 Å². The second-order valence-corrected chi connectivity index (χ2v) is 8.99. The summed E-state index contributed by atoms with van der Waals surface area (Å²) in [6.07, 6.45) is 0.729. The SMILES string of the molecule is O[C@@H](CN1CCC2(CC1)C[C@H](O)c1cc(F)ccc1O2)c1ccc(-c2ccccc2)cc1. The molecule has 1 saturated heterocycles. The van der Waals surface area contributed by atoms with Crippen LogP contribution < -0.4 is 4.74 Å². The number of rotatable bonds is 4. The zero-order chi connectivity index (χ0) is 22.1. The highest BCUT2D eigenvalue weighted by Crippen LogP contribution is 2.44. The van der Waals surface area contributed by atoms with Crippen LogP contribution in [-0.2, 0) is 0 Å². The van der Waals surface area contributed by atoms with Crippen LogP contribution in [-0.4, -0.2) is 40.3 Å². The summed E-state index contributed by atoms with van der Waals surface area (Å²) in [7, 11) is 0. The zero-order valence-electron chi connectivity index (χ0n) is 18.0. The molecule has 0 amide bonds. The first-order valence-corrected chi connectivity index (χ1v) is 11.2. The maximum atomic E-state index is 13.5. The molecule has 1 spiro atoms. The highest BCUT2D eigenvalue weighted by molar-refractivity contribution is 5.63. The van der Waals surface area contributed by atoms with Gasteiger partial charge in [0.15, 0.2) is 0 Å². The van der Waals surface area contributed by atoms with Crippen molar-refractivity contribution >= 4 is 0 Å². The fraction of sp³-hybridized carbons (Fsp3) is 0.333. The Morgan fingerprint density at radius 3 is 2.38 bits per heavy atom. The fourth-order valence-electron chi connectivity index (χ4n) is 4.94. The maximum absolute atomic E-state index is 13.5. The molecule has 2 aliphatic rings. The number of ether oxygens (including phenoxy) is 1. The average molecular weight is 434 g/mol. The predicted octanol–water partition coefficient (Wildman–Crippen LogP) is 4.88. The number of halogens is 1. The molecule has 0 saturated carbocycles. The van der Waals surface area contributed by atoms with Gasteiger partial charge in [0.25, 0.3) is 0 Å². The van der Waals surface area contributed by atoms with Crippen molar-refractivity contribution in [1.29, 1.82) is 0 Å². The van der Waals surface area contributed by atoms with Crippen molar-refractivity contribution in [1.82, 2.24) is 4.90 Å². The molecule has 2 atom stereocenters. The minimum Gasteiger partial charge on any atom is -0.487 e. The Balaban J connectivity index is 1.19. The van der Waals surface area contributed by atoms with Gasteiger partial charge in [-0.25, -0.2) is 4.39 Å². The average Bonchev–Trinajstić information content (AvgIpc) is 2.82. The van der Waals surface area contributed by atoms with Crippen LogP contribution in [0, 0.1) is 5.82 Å². The smallest absolute Gasteiger partial charge is 0.126 e. The lowest BCUT2D eigenvalue weighted by Crippen LogP contribution is -2.51. The maximum Gasteiger partial charge on any atom is 0.126 e. The molecule has 166 valence electrons. The van der Waals surface area contributed by atoms with Gasteiger partial charge in [-0.05, 0) is 47.7 Å². The lowest BCUT2D eigenvalue weighted by atomic mass is 9.81. The lowest BCUT2D eigenvalue weighted by molar-refractivity contribution is -0.0589. The summed E-state index contributed by atoms with van der Waals surface area (Å²) >= 11 is 0. The molecule has 2 heterocycles. The lowest BCUT2D eigenvalue weighted by Gasteiger charge is -2.46. The molecule has 3 aromatic rings. The third kappa shape index (κ3) is 4.29. The highest BCUT2D eigenvalue weighted by atomic mass is 19.1. The third-order valence-corrected chi connectivity index (χ3v) is 6.82. The van der Waals surface area contributed by atoms with E-state index in [9.17, 15) is 14.6 Å². The van der Waals surface area contributed by atoms with E-state index in [0.29, 0.717) is 24.3 Å². The zero-order valence-corrected chi connectivity index (χ0v) is 18.0. The number of nitrogens with zero attached hydrogens (tertiary/aromatic N) is 1. The van der Waals surface area contributed by atoms with E-state index in [0.717, 1.165) is 42.6 Å². The molecule has 0 aromatic heterocycles. The number of hydrogen-bond donors (Lipinski definition) is 2. The second kappa shape index (κ2) is 8.66. The molecule has 2 N–H and O–H groups in total. The van der Waals surface area contributed by atoms with E-state index < -0.39 is 17.8 Å². The number of aliphatic hydroxyl groups is 2. The summed E-state index contributed by atoms with van der Waals surface area (Å²) < 4.78 is 19.8. The molecule has 1 fully saturated rings. The van der Waals surface area contributed by atoms with Gasteiger partial charge in [-0.3, -0.25) is 0 Å². The van der Waals surface area contributed by atoms with Crippen LogP contribution >= 0.6 is 0 Å². The van der Waals surface area contributed by atoms with E-state index in [-0.39, 0.29) is 5.82 Å². The molecule has 32 heavy (non-hydrogen) atoms. The van der Waals surface area contributed by atoms with Gasteiger partial charge < -0.3 is 19.8 Å². The van der Waals surface area contributed by atoms with E-state index >= 15 is 0 Å². The number of β-amino-alcohol motifs (C(OH)–C–C–N with tert-alkyl or cyclic N) is 1. The Bertz CT molecular complexity index is 1060. The fourth-order valence-corrected chi connectivity index (χ4v) is 4.94. The third-order valence-electron chi connectivity index (χ3n) is 6.82. The minimum atomic E-state index is -0.713. The van der Waals surface area contributed by atoms with E-state index in [2.05, 4.69) is 29.2 Å². The van der Waals surface area contributed by atoms with Gasteiger partial charge >= 0.3 is 0 Å². The molecule has 2 aliphatic heterocycles. The summed E-state index contributed by atoms with van der Waals surface area (Å²) in [6, 6.07) is 22.6. The molecule has 3 aromatic carbocycles. The number of aliphatic hydroxyl groups excluding tert-OH is 2. The van der Waals surface area contributed by atoms with Gasteiger partial charge in [0.1, 0.15) is 17.2 Å². The number of fused-ring (bicyclic) bond motifs is 1.